The van der Waals surface area contributed by atoms with Gasteiger partial charge < -0.3 is 36.0 Å². The second-order valence-corrected chi connectivity index (χ2v) is 12.2. The molecule has 0 radical (unpaired) electrons. The van der Waals surface area contributed by atoms with Crippen LogP contribution in [0.15, 0.2) is 42.5 Å². The van der Waals surface area contributed by atoms with Crippen molar-refractivity contribution in [2.75, 3.05) is 49.7 Å². The lowest BCUT2D eigenvalue weighted by Crippen LogP contribution is -2.50. The Morgan fingerprint density at radius 3 is 2.33 bits per heavy atom. The van der Waals surface area contributed by atoms with Gasteiger partial charge in [-0.1, -0.05) is 31.5 Å². The Labute approximate surface area is 254 Å². The molecule has 43 heavy (non-hydrogen) atoms. The minimum Gasteiger partial charge on any atom is -0.486 e. The molecule has 10 heteroatoms. The number of carbonyl (C=O) groups is 3. The molecule has 10 nitrogen and oxygen atoms in total. The van der Waals surface area contributed by atoms with Gasteiger partial charge in [0.25, 0.3) is 5.91 Å². The average Bonchev–Trinajstić information content (AvgIpc) is 3.79. The highest BCUT2D eigenvalue weighted by Crippen LogP contribution is 2.36. The highest BCUT2D eigenvalue weighted by molar-refractivity contribution is 6.01. The van der Waals surface area contributed by atoms with Crippen LogP contribution < -0.4 is 21.1 Å². The number of hydrogen-bond donors (Lipinski definition) is 4. The number of nitrogens with one attached hydrogen (secondary N) is 2. The van der Waals surface area contributed by atoms with E-state index in [1.807, 2.05) is 19.1 Å². The second-order valence-electron chi connectivity index (χ2n) is 12.2. The summed E-state index contributed by atoms with van der Waals surface area (Å²) in [6.07, 6.45) is 4.92. The van der Waals surface area contributed by atoms with Gasteiger partial charge in [-0.15, -0.1) is 0 Å². The van der Waals surface area contributed by atoms with Crippen LogP contribution in [0.5, 0.6) is 5.75 Å². The lowest BCUT2D eigenvalue weighted by molar-refractivity contribution is -0.116. The molecule has 0 unspecified atom stereocenters. The fourth-order valence-electron chi connectivity index (χ4n) is 5.47. The zero-order chi connectivity index (χ0) is 30.9. The fourth-order valence-corrected chi connectivity index (χ4v) is 5.47. The summed E-state index contributed by atoms with van der Waals surface area (Å²) < 4.78 is 6.59. The molecule has 0 saturated heterocycles. The number of aliphatic hydroxyl groups is 1. The Morgan fingerprint density at radius 1 is 1.02 bits per heavy atom. The Balaban J connectivity index is 1.38. The molecule has 0 aromatic heterocycles. The molecule has 1 saturated carbocycles. The Bertz CT molecular complexity index is 1270. The molecule has 3 amide bonds. The number of nitrogen functional groups attached to an aromatic ring is 1. The number of nitrogens with zero attached hydrogens (tertiary/aromatic N) is 2. The number of rotatable bonds is 14. The van der Waals surface area contributed by atoms with E-state index in [1.165, 1.54) is 12.8 Å². The monoisotopic (exact) mass is 593 g/mol. The summed E-state index contributed by atoms with van der Waals surface area (Å²) in [6, 6.07) is 12.0. The van der Waals surface area contributed by atoms with E-state index in [2.05, 4.69) is 29.5 Å². The van der Waals surface area contributed by atoms with Gasteiger partial charge in [0.15, 0.2) is 5.75 Å². The van der Waals surface area contributed by atoms with E-state index in [0.29, 0.717) is 67.1 Å². The molecule has 1 aliphatic heterocycles. The smallest absolute Gasteiger partial charge is 0.258 e. The van der Waals surface area contributed by atoms with Crippen LogP contribution in [0.3, 0.4) is 0 Å². The predicted molar refractivity (Wildman–Crippen MR) is 169 cm³/mol. The van der Waals surface area contributed by atoms with Crippen LogP contribution in [0.25, 0.3) is 0 Å². The van der Waals surface area contributed by atoms with Crippen molar-refractivity contribution in [2.45, 2.75) is 70.9 Å². The van der Waals surface area contributed by atoms with Crippen molar-refractivity contribution in [3.63, 3.8) is 0 Å². The first kappa shape index (κ1) is 32.3. The summed E-state index contributed by atoms with van der Waals surface area (Å²) in [5, 5.41) is 15.7. The zero-order valence-electron chi connectivity index (χ0n) is 25.7. The molecule has 0 bridgehead atoms. The van der Waals surface area contributed by atoms with E-state index in [4.69, 9.17) is 10.5 Å². The summed E-state index contributed by atoms with van der Waals surface area (Å²) in [7, 11) is 2.10. The van der Waals surface area contributed by atoms with Crippen LogP contribution in [0.1, 0.15) is 69.2 Å². The standard InChI is InChI=1S/C33H47N5O5/c1-22-18-38(23(2)21-39)33(42)25-10-9-13-28(32(25)43-29(22)20-37(3)19-24-16-17-24)36-31(41)15-6-4-5-14-30(40)35-27-12-8-7-11-26(27)34/h7-13,22-24,29,39H,4-6,14-21,34H2,1-3H3,(H,35,40)(H,36,41)/t22-,23+,29+/m0/s1. The number of nitrogens with two attached hydrogens (primary N) is 1. The quantitative estimate of drug-likeness (QED) is 0.189. The Kier molecular flexibility index (Phi) is 11.4. The lowest BCUT2D eigenvalue weighted by Gasteiger charge is -2.38. The van der Waals surface area contributed by atoms with Crippen LogP contribution in [0.4, 0.5) is 17.1 Å². The average molecular weight is 594 g/mol. The van der Waals surface area contributed by atoms with E-state index in [9.17, 15) is 19.5 Å². The molecular weight excluding hydrogens is 546 g/mol. The summed E-state index contributed by atoms with van der Waals surface area (Å²) in [5.74, 6) is 0.615. The van der Waals surface area contributed by atoms with E-state index in [0.717, 1.165) is 12.5 Å². The first-order valence-electron chi connectivity index (χ1n) is 15.5. The Morgan fingerprint density at radius 2 is 1.67 bits per heavy atom. The normalized spacial score (nSPS) is 19.2. The molecule has 2 aromatic carbocycles. The maximum absolute atomic E-state index is 13.7. The van der Waals surface area contributed by atoms with E-state index < -0.39 is 0 Å². The van der Waals surface area contributed by atoms with E-state index >= 15 is 0 Å². The number of amides is 3. The molecule has 4 rings (SSSR count). The molecule has 1 aliphatic carbocycles. The van der Waals surface area contributed by atoms with Gasteiger partial charge in [0.1, 0.15) is 6.10 Å². The number of para-hydroxylation sites is 3. The minimum absolute atomic E-state index is 0.00652. The van der Waals surface area contributed by atoms with Crippen LogP contribution in [-0.2, 0) is 9.59 Å². The summed E-state index contributed by atoms with van der Waals surface area (Å²) in [5.41, 5.74) is 7.86. The third-order valence-electron chi connectivity index (χ3n) is 8.27. The number of benzene rings is 2. The van der Waals surface area contributed by atoms with Crippen molar-refractivity contribution in [3.05, 3.63) is 48.0 Å². The van der Waals surface area contributed by atoms with E-state index in [-0.39, 0.29) is 48.8 Å². The molecule has 2 aliphatic rings. The van der Waals surface area contributed by atoms with Gasteiger partial charge in [0.05, 0.1) is 35.3 Å². The van der Waals surface area contributed by atoms with Gasteiger partial charge in [-0.2, -0.15) is 0 Å². The van der Waals surface area contributed by atoms with Crippen molar-refractivity contribution >= 4 is 34.8 Å². The molecule has 3 atom stereocenters. The lowest BCUT2D eigenvalue weighted by atomic mass is 9.99. The third kappa shape index (κ3) is 9.18. The Hall–Kier alpha value is -3.63. The molecular formula is C33H47N5O5. The predicted octanol–water partition coefficient (Wildman–Crippen LogP) is 4.36. The van der Waals surface area contributed by atoms with Gasteiger partial charge in [-0.25, -0.2) is 0 Å². The third-order valence-corrected chi connectivity index (χ3v) is 8.27. The number of anilines is 3. The van der Waals surface area contributed by atoms with Crippen molar-refractivity contribution in [1.82, 2.24) is 9.80 Å². The summed E-state index contributed by atoms with van der Waals surface area (Å²) in [6.45, 7) is 5.94. The van der Waals surface area contributed by atoms with Crippen molar-refractivity contribution in [1.29, 1.82) is 0 Å². The molecule has 5 N–H and O–H groups in total. The zero-order valence-corrected chi connectivity index (χ0v) is 25.7. The van der Waals surface area contributed by atoms with Gasteiger partial charge in [-0.3, -0.25) is 14.4 Å². The number of ether oxygens (including phenoxy) is 1. The van der Waals surface area contributed by atoms with Crippen molar-refractivity contribution < 1.29 is 24.2 Å². The first-order chi connectivity index (χ1) is 20.7. The van der Waals surface area contributed by atoms with Crippen LogP contribution in [0, 0.1) is 11.8 Å². The number of likely N-dealkylation sites (N-methyl/N-ethyl adjacent to an activating group) is 1. The largest absolute Gasteiger partial charge is 0.486 e. The maximum Gasteiger partial charge on any atom is 0.258 e. The SMILES string of the molecule is C[C@H](CO)N1C[C@H](C)[C@@H](CN(C)CC2CC2)Oc2c(NC(=O)CCCCCC(=O)Nc3ccccc3N)cccc2C1=O. The van der Waals surface area contributed by atoms with Gasteiger partial charge in [0, 0.05) is 38.4 Å². The highest BCUT2D eigenvalue weighted by Gasteiger charge is 2.35. The van der Waals surface area contributed by atoms with Crippen molar-refractivity contribution in [2.24, 2.45) is 11.8 Å². The molecule has 2 aromatic rings. The topological polar surface area (TPSA) is 137 Å². The maximum atomic E-state index is 13.7. The number of unbranched alkanes of at least 4 members (excludes halogenated alkanes) is 2. The molecule has 1 fully saturated rings. The second kappa shape index (κ2) is 15.2. The van der Waals surface area contributed by atoms with Gasteiger partial charge in [-0.05, 0) is 69.8 Å². The number of hydrogen-bond acceptors (Lipinski definition) is 7. The highest BCUT2D eigenvalue weighted by atomic mass is 16.5. The van der Waals surface area contributed by atoms with Gasteiger partial charge >= 0.3 is 0 Å². The first-order valence-corrected chi connectivity index (χ1v) is 15.5. The van der Waals surface area contributed by atoms with Crippen molar-refractivity contribution in [3.8, 4) is 5.75 Å². The number of aliphatic hydroxyl groups excluding tert-OH is 1. The van der Waals surface area contributed by atoms with Crippen LogP contribution >= 0.6 is 0 Å². The molecule has 234 valence electrons. The molecule has 1 heterocycles. The summed E-state index contributed by atoms with van der Waals surface area (Å²) >= 11 is 0. The fraction of sp³-hybridized carbons (Fsp3) is 0.545. The van der Waals surface area contributed by atoms with E-state index in [1.54, 1.807) is 35.2 Å². The number of fused-ring (bicyclic) bond motifs is 1. The molecule has 0 spiro atoms. The van der Waals surface area contributed by atoms with Crippen LogP contribution in [0.2, 0.25) is 0 Å². The minimum atomic E-state index is -0.351. The number of carbonyl (C=O) groups excluding carboxylic acids is 3. The summed E-state index contributed by atoms with van der Waals surface area (Å²) in [4.78, 5) is 42.9. The van der Waals surface area contributed by atoms with Crippen LogP contribution in [-0.4, -0.2) is 78.1 Å². The van der Waals surface area contributed by atoms with Gasteiger partial charge in [0.2, 0.25) is 11.8 Å².